The number of hydrogen-bond donors (Lipinski definition) is 0. The zero-order valence-corrected chi connectivity index (χ0v) is 88.2. The van der Waals surface area contributed by atoms with Gasteiger partial charge in [-0.25, -0.2) is 4.98 Å². The predicted octanol–water partition coefficient (Wildman–Crippen LogP) is 32.6. The van der Waals surface area contributed by atoms with E-state index in [1.807, 2.05) is 85.7 Å². The molecule has 4 saturated heterocycles. The van der Waals surface area contributed by atoms with Crippen molar-refractivity contribution in [3.8, 4) is 50.5 Å². The lowest BCUT2D eigenvalue weighted by atomic mass is 9.49. The Morgan fingerprint density at radius 3 is 0.863 bits per heavy atom. The summed E-state index contributed by atoms with van der Waals surface area (Å²) in [5.41, 5.74) is 10.8. The van der Waals surface area contributed by atoms with Gasteiger partial charge in [-0.3, -0.25) is 4.57 Å². The van der Waals surface area contributed by atoms with Gasteiger partial charge in [0, 0.05) is 28.2 Å². The molecule has 19 aromatic carbocycles. The van der Waals surface area contributed by atoms with E-state index >= 15 is 0 Å². The highest BCUT2D eigenvalue weighted by atomic mass is 127. The fraction of sp³-hybridized carbons (Fsp3) is 0.198. The summed E-state index contributed by atoms with van der Waals surface area (Å²) >= 11 is 12.8. The highest BCUT2D eigenvalue weighted by Gasteiger charge is 2.64. The van der Waals surface area contributed by atoms with Crippen LogP contribution in [0.3, 0.4) is 0 Å². The molecule has 4 aliphatic rings. The standard InChI is InChI=1S/C30H27BO2.C25H17BrN2.C24H23BO2.C24H15Br.C12H24B2O4.C6H4BrI/c1-29(2)30(3,4)33-31(32-29)22-11-9-10-20(18-22)21-16-17-27-25-14-6-5-12-23(25)24-13-7-8-15-26(24)28(27)19-21;26-21-8-6-7-20(17-21)18-13-15-19(16-14-18)25-27-23-11-4-5-12-24(23)28(25)22-9-2-1-3-10-22;1-23(2)24(3,4)27-25(26-23)16-13-14-21-19-11-6-5-9-17(19)18-10-7-8-12-20(18)22(21)15-16;25-18-7-5-6-16(14-18)17-12-13-23-21-10-2-1-8-19(21)20-9-3-4-11-22(20)24(23)15-17;1-9(2)10(3,4)16-13(15-9)14-17-11(5,6)12(7,8)18-14;7-5-2-1-3-6(8)4-5/h5-19H,1-4H3;1-17H;5-15H,1-4H3;1-15H;1-8H3;1-4H. The van der Waals surface area contributed by atoms with E-state index in [4.69, 9.17) is 42.2 Å². The number of nitrogens with zero attached hydrogens (tertiary/aromatic N) is 2. The normalized spacial score (nSPS) is 16.7. The summed E-state index contributed by atoms with van der Waals surface area (Å²) in [6, 6.07) is 133. The van der Waals surface area contributed by atoms with Crippen LogP contribution < -0.4 is 10.9 Å². The van der Waals surface area contributed by atoms with Crippen LogP contribution in [-0.4, -0.2) is 82.6 Å². The molecule has 0 bridgehead atoms. The Kier molecular flexibility index (Phi) is 27.1. The number of para-hydroxylation sites is 3. The smallest absolute Gasteiger partial charge is 0.405 e. The zero-order valence-electron chi connectivity index (χ0n) is 81.3. The molecule has 0 atom stereocenters. The summed E-state index contributed by atoms with van der Waals surface area (Å²) in [5, 5.41) is 23.3. The molecule has 692 valence electrons. The Balaban J connectivity index is 0.000000110. The van der Waals surface area contributed by atoms with E-state index in [2.05, 4.69) is 476 Å². The lowest BCUT2D eigenvalue weighted by Crippen LogP contribution is -2.41. The lowest BCUT2D eigenvalue weighted by molar-refractivity contribution is 0.00578. The zero-order chi connectivity index (χ0) is 97.3. The van der Waals surface area contributed by atoms with Gasteiger partial charge in [-0.2, -0.15) is 0 Å². The van der Waals surface area contributed by atoms with Crippen molar-refractivity contribution in [2.45, 2.75) is 156 Å². The maximum atomic E-state index is 6.29. The monoisotopic (exact) mass is 2130 g/mol. The first-order chi connectivity index (χ1) is 66.5. The van der Waals surface area contributed by atoms with Gasteiger partial charge in [0.05, 0.1) is 55.8 Å². The summed E-state index contributed by atoms with van der Waals surface area (Å²) in [4.78, 5) is 4.93. The minimum Gasteiger partial charge on any atom is -0.405 e. The lowest BCUT2D eigenvalue weighted by Gasteiger charge is -2.32. The van der Waals surface area contributed by atoms with E-state index in [1.165, 1.54) is 134 Å². The second kappa shape index (κ2) is 38.8. The fourth-order valence-electron chi connectivity index (χ4n) is 18.7. The van der Waals surface area contributed by atoms with Crippen molar-refractivity contribution >= 4 is 218 Å². The molecular formula is C121H110B4Br3IN2O8. The van der Waals surface area contributed by atoms with Gasteiger partial charge in [0.15, 0.2) is 0 Å². The molecule has 20 aromatic rings. The van der Waals surface area contributed by atoms with Crippen molar-refractivity contribution in [1.82, 2.24) is 9.55 Å². The number of fused-ring (bicyclic) bond motifs is 19. The SMILES string of the molecule is Brc1cccc(-c2ccc(-c3nc4ccccc4n3-c3ccccc3)cc2)c1.Brc1cccc(-c2ccc3c4ccccc4c4ccccc4c3c2)c1.Brc1cccc(I)c1.CC1(C)OB(B2OC(C)(C)C(C)(C)O2)OC1(C)C.CC1(C)OB(c2ccc3c4ccccc4c4ccccc4c3c2)OC1(C)C.CC1(C)OB(c2cccc(-c3ccc4c5ccccc5c5ccccc5c4c3)c2)OC1(C)C. The van der Waals surface area contributed by atoms with E-state index in [9.17, 15) is 0 Å². The first-order valence-electron chi connectivity index (χ1n) is 47.6. The Morgan fingerprint density at radius 2 is 0.496 bits per heavy atom. The van der Waals surface area contributed by atoms with Gasteiger partial charge in [-0.1, -0.05) is 345 Å². The van der Waals surface area contributed by atoms with E-state index in [1.54, 1.807) is 0 Å². The van der Waals surface area contributed by atoms with Gasteiger partial charge >= 0.3 is 28.3 Å². The fourth-order valence-corrected chi connectivity index (χ4v) is 20.9. The van der Waals surface area contributed by atoms with Gasteiger partial charge in [0.1, 0.15) is 5.82 Å². The van der Waals surface area contributed by atoms with Crippen LogP contribution in [-0.2, 0) is 37.2 Å². The average molecular weight is 2130 g/mol. The Bertz CT molecular complexity index is 7830. The van der Waals surface area contributed by atoms with Crippen LogP contribution in [0.25, 0.3) is 158 Å². The topological polar surface area (TPSA) is 91.7 Å². The maximum Gasteiger partial charge on any atom is 0.494 e. The van der Waals surface area contributed by atoms with E-state index in [-0.39, 0.29) is 59.0 Å². The molecule has 139 heavy (non-hydrogen) atoms. The highest BCUT2D eigenvalue weighted by molar-refractivity contribution is 14.1. The molecule has 18 heteroatoms. The third-order valence-corrected chi connectivity index (χ3v) is 31.3. The first kappa shape index (κ1) is 96.9. The third-order valence-electron chi connectivity index (χ3n) is 29.1. The van der Waals surface area contributed by atoms with Gasteiger partial charge in [-0.05, 0) is 353 Å². The molecule has 0 amide bonds. The largest absolute Gasteiger partial charge is 0.494 e. The minimum atomic E-state index is -0.476. The van der Waals surface area contributed by atoms with Gasteiger partial charge in [0.25, 0.3) is 0 Å². The summed E-state index contributed by atoms with van der Waals surface area (Å²) in [7, 11) is -1.66. The third kappa shape index (κ3) is 19.5. The van der Waals surface area contributed by atoms with Crippen LogP contribution in [0.1, 0.15) is 111 Å². The number of benzene rings is 19. The van der Waals surface area contributed by atoms with Crippen LogP contribution in [0.4, 0.5) is 0 Å². The summed E-state index contributed by atoms with van der Waals surface area (Å²) in [6.07, 6.45) is 0. The minimum absolute atomic E-state index is 0.335. The highest BCUT2D eigenvalue weighted by Crippen LogP contribution is 2.47. The maximum absolute atomic E-state index is 6.29. The number of aromatic nitrogens is 2. The Hall–Kier alpha value is -10.9. The summed E-state index contributed by atoms with van der Waals surface area (Å²) in [6.45, 7) is 33.0. The van der Waals surface area contributed by atoms with Crippen LogP contribution in [0.15, 0.2) is 390 Å². The molecule has 0 spiro atoms. The molecule has 0 radical (unpaired) electrons. The van der Waals surface area contributed by atoms with Crippen molar-refractivity contribution in [2.24, 2.45) is 0 Å². The van der Waals surface area contributed by atoms with Crippen molar-refractivity contribution in [3.05, 3.63) is 393 Å². The molecule has 0 aliphatic carbocycles. The quantitative estimate of drug-likeness (QED) is 0.0838. The number of imidazole rings is 1. The summed E-state index contributed by atoms with van der Waals surface area (Å²) in [5.74, 6) is 0.952. The Labute approximate surface area is 855 Å². The van der Waals surface area contributed by atoms with Crippen LogP contribution in [0.2, 0.25) is 0 Å². The molecule has 0 unspecified atom stereocenters. The van der Waals surface area contributed by atoms with Crippen molar-refractivity contribution < 1.29 is 37.2 Å². The Morgan fingerprint density at radius 1 is 0.223 bits per heavy atom. The van der Waals surface area contributed by atoms with Gasteiger partial charge in [0.2, 0.25) is 0 Å². The van der Waals surface area contributed by atoms with Crippen molar-refractivity contribution in [3.63, 3.8) is 0 Å². The van der Waals surface area contributed by atoms with Crippen molar-refractivity contribution in [2.75, 3.05) is 0 Å². The molecule has 5 heterocycles. The number of hydrogen-bond acceptors (Lipinski definition) is 9. The molecule has 4 fully saturated rings. The van der Waals surface area contributed by atoms with Crippen molar-refractivity contribution in [1.29, 1.82) is 0 Å². The number of rotatable bonds is 8. The number of halogens is 4. The van der Waals surface area contributed by atoms with Gasteiger partial charge < -0.3 is 37.2 Å². The van der Waals surface area contributed by atoms with Gasteiger partial charge in [-0.15, -0.1) is 0 Å². The van der Waals surface area contributed by atoms with Crippen LogP contribution in [0.5, 0.6) is 0 Å². The molecule has 0 N–H and O–H groups in total. The molecule has 24 rings (SSSR count). The molecule has 10 nitrogen and oxygen atoms in total. The predicted molar refractivity (Wildman–Crippen MR) is 606 cm³/mol. The second-order valence-electron chi connectivity index (χ2n) is 40.3. The molecule has 1 aromatic heterocycles. The van der Waals surface area contributed by atoms with Crippen LogP contribution in [0, 0.1) is 3.57 Å². The van der Waals surface area contributed by atoms with E-state index in [0.717, 1.165) is 52.5 Å². The van der Waals surface area contributed by atoms with E-state index < -0.39 is 14.0 Å². The first-order valence-corrected chi connectivity index (χ1v) is 51.0. The van der Waals surface area contributed by atoms with Crippen LogP contribution >= 0.6 is 70.4 Å². The second-order valence-corrected chi connectivity index (χ2v) is 44.3. The average Bonchev–Trinajstić information content (AvgIpc) is 1.64. The molecule has 0 saturated carbocycles. The molecular weight excluding hydrogens is 2020 g/mol. The molecule has 4 aliphatic heterocycles. The summed E-state index contributed by atoms with van der Waals surface area (Å²) < 4.78 is 55.8. The van der Waals surface area contributed by atoms with E-state index in [0.29, 0.717) is 0 Å².